The summed E-state index contributed by atoms with van der Waals surface area (Å²) in [4.78, 5) is 28.8. The van der Waals surface area contributed by atoms with E-state index >= 15 is 0 Å². The maximum Gasteiger partial charge on any atom is 0.225 e. The van der Waals surface area contributed by atoms with Crippen LogP contribution in [0, 0.1) is 11.7 Å². The van der Waals surface area contributed by atoms with Crippen molar-refractivity contribution in [3.63, 3.8) is 0 Å². The number of rotatable bonds is 6. The Bertz CT molecular complexity index is 686. The molecular formula is C21H29BrFN3O2. The Hall–Kier alpha value is -1.47. The molecule has 1 saturated heterocycles. The number of nitrogens with one attached hydrogen (secondary N) is 1. The van der Waals surface area contributed by atoms with Crippen molar-refractivity contribution in [3.05, 3.63) is 28.5 Å². The van der Waals surface area contributed by atoms with Crippen LogP contribution < -0.4 is 5.32 Å². The van der Waals surface area contributed by atoms with E-state index in [0.29, 0.717) is 29.8 Å². The lowest BCUT2D eigenvalue weighted by molar-refractivity contribution is -0.134. The van der Waals surface area contributed by atoms with Gasteiger partial charge in [-0.2, -0.15) is 0 Å². The maximum atomic E-state index is 13.8. The summed E-state index contributed by atoms with van der Waals surface area (Å²) in [5, 5.41) is 2.62. The Morgan fingerprint density at radius 1 is 1.11 bits per heavy atom. The first-order chi connectivity index (χ1) is 13.5. The van der Waals surface area contributed by atoms with Gasteiger partial charge in [-0.05, 0) is 37.0 Å². The summed E-state index contributed by atoms with van der Waals surface area (Å²) < 4.78 is 14.4. The molecule has 0 unspecified atom stereocenters. The molecule has 2 amide bonds. The molecule has 1 aliphatic heterocycles. The van der Waals surface area contributed by atoms with Crippen molar-refractivity contribution in [3.8, 4) is 0 Å². The van der Waals surface area contributed by atoms with Crippen molar-refractivity contribution >= 4 is 33.4 Å². The Balaban J connectivity index is 1.35. The average molecular weight is 454 g/mol. The van der Waals surface area contributed by atoms with Crippen LogP contribution in [0.1, 0.15) is 44.9 Å². The van der Waals surface area contributed by atoms with Crippen LogP contribution >= 0.6 is 15.9 Å². The van der Waals surface area contributed by atoms with Crippen LogP contribution in [0.3, 0.4) is 0 Å². The zero-order valence-electron chi connectivity index (χ0n) is 16.3. The smallest absolute Gasteiger partial charge is 0.225 e. The number of carbonyl (C=O) groups is 2. The lowest BCUT2D eigenvalue weighted by Gasteiger charge is -2.35. The molecule has 0 atom stereocenters. The zero-order chi connectivity index (χ0) is 19.9. The lowest BCUT2D eigenvalue weighted by Crippen LogP contribution is -2.49. The summed E-state index contributed by atoms with van der Waals surface area (Å²) in [5.41, 5.74) is 0.200. The van der Waals surface area contributed by atoms with Crippen LogP contribution in [0.15, 0.2) is 22.7 Å². The fourth-order valence-electron chi connectivity index (χ4n) is 4.05. The maximum absolute atomic E-state index is 13.8. The number of hydrogen-bond acceptors (Lipinski definition) is 3. The SMILES string of the molecule is O=C(CCN1CCN(C(=O)CC2CCCCC2)CC1)Nc1ccc(Br)cc1F. The summed E-state index contributed by atoms with van der Waals surface area (Å²) >= 11 is 3.20. The molecular weight excluding hydrogens is 425 g/mol. The number of halogens is 2. The summed E-state index contributed by atoms with van der Waals surface area (Å²) in [7, 11) is 0. The Morgan fingerprint density at radius 3 is 2.50 bits per heavy atom. The molecule has 1 N–H and O–H groups in total. The number of anilines is 1. The number of piperazine rings is 1. The number of nitrogens with zero attached hydrogens (tertiary/aromatic N) is 2. The summed E-state index contributed by atoms with van der Waals surface area (Å²) in [5.74, 6) is 0.210. The van der Waals surface area contributed by atoms with E-state index in [1.165, 1.54) is 38.2 Å². The van der Waals surface area contributed by atoms with Gasteiger partial charge < -0.3 is 10.2 Å². The largest absolute Gasteiger partial charge is 0.340 e. The van der Waals surface area contributed by atoms with E-state index in [2.05, 4.69) is 26.1 Å². The summed E-state index contributed by atoms with van der Waals surface area (Å²) in [6.07, 6.45) is 7.23. The quantitative estimate of drug-likeness (QED) is 0.706. The Kier molecular flexibility index (Phi) is 7.85. The van der Waals surface area contributed by atoms with Gasteiger partial charge in [0.15, 0.2) is 0 Å². The van der Waals surface area contributed by atoms with Crippen LogP contribution in [-0.4, -0.2) is 54.3 Å². The van der Waals surface area contributed by atoms with Crippen LogP contribution in [0.25, 0.3) is 0 Å². The first-order valence-corrected chi connectivity index (χ1v) is 11.1. The molecule has 3 rings (SSSR count). The standard InChI is InChI=1S/C21H29BrFN3O2/c22-17-6-7-19(18(23)15-17)24-20(27)8-9-25-10-12-26(13-11-25)21(28)14-16-4-2-1-3-5-16/h6-7,15-16H,1-5,8-14H2,(H,24,27). The lowest BCUT2D eigenvalue weighted by atomic mass is 9.86. The predicted octanol–water partition coefficient (Wildman–Crippen LogP) is 4.03. The highest BCUT2D eigenvalue weighted by molar-refractivity contribution is 9.10. The number of carbonyl (C=O) groups excluding carboxylic acids is 2. The van der Waals surface area contributed by atoms with Gasteiger partial charge in [0, 0.05) is 50.0 Å². The molecule has 2 aliphatic rings. The number of benzene rings is 1. The predicted molar refractivity (Wildman–Crippen MR) is 112 cm³/mol. The fourth-order valence-corrected chi connectivity index (χ4v) is 4.38. The van der Waals surface area contributed by atoms with Crippen LogP contribution in [0.5, 0.6) is 0 Å². The third-order valence-corrected chi connectivity index (χ3v) is 6.27. The molecule has 1 aromatic carbocycles. The van der Waals surface area contributed by atoms with E-state index in [0.717, 1.165) is 26.2 Å². The van der Waals surface area contributed by atoms with E-state index in [1.807, 2.05) is 4.90 Å². The van der Waals surface area contributed by atoms with E-state index in [-0.39, 0.29) is 17.5 Å². The third-order valence-electron chi connectivity index (χ3n) is 5.77. The number of hydrogen-bond donors (Lipinski definition) is 1. The van der Waals surface area contributed by atoms with Crippen molar-refractivity contribution in [2.45, 2.75) is 44.9 Å². The van der Waals surface area contributed by atoms with Gasteiger partial charge in [0.2, 0.25) is 11.8 Å². The molecule has 2 fully saturated rings. The van der Waals surface area contributed by atoms with Gasteiger partial charge in [-0.1, -0.05) is 35.2 Å². The normalized spacial score (nSPS) is 18.9. The zero-order valence-corrected chi connectivity index (χ0v) is 17.8. The van der Waals surface area contributed by atoms with Crippen LogP contribution in [0.4, 0.5) is 10.1 Å². The van der Waals surface area contributed by atoms with Gasteiger partial charge >= 0.3 is 0 Å². The first-order valence-electron chi connectivity index (χ1n) is 10.3. The van der Waals surface area contributed by atoms with E-state index in [9.17, 15) is 14.0 Å². The molecule has 0 radical (unpaired) electrons. The molecule has 28 heavy (non-hydrogen) atoms. The van der Waals surface area contributed by atoms with Crippen molar-refractivity contribution < 1.29 is 14.0 Å². The highest BCUT2D eigenvalue weighted by Gasteiger charge is 2.24. The van der Waals surface area contributed by atoms with Crippen LogP contribution in [-0.2, 0) is 9.59 Å². The van der Waals surface area contributed by atoms with Gasteiger partial charge in [0.25, 0.3) is 0 Å². The van der Waals surface area contributed by atoms with Gasteiger partial charge in [0.1, 0.15) is 5.82 Å². The molecule has 0 spiro atoms. The van der Waals surface area contributed by atoms with Crippen molar-refractivity contribution in [1.29, 1.82) is 0 Å². The molecule has 1 saturated carbocycles. The monoisotopic (exact) mass is 453 g/mol. The molecule has 1 heterocycles. The average Bonchev–Trinajstić information content (AvgIpc) is 2.70. The van der Waals surface area contributed by atoms with Gasteiger partial charge in [-0.15, -0.1) is 0 Å². The first kappa shape index (κ1) is 21.2. The Labute approximate surface area is 174 Å². The second kappa shape index (κ2) is 10.3. The highest BCUT2D eigenvalue weighted by Crippen LogP contribution is 2.27. The second-order valence-electron chi connectivity index (χ2n) is 7.85. The van der Waals surface area contributed by atoms with E-state index in [4.69, 9.17) is 0 Å². The summed E-state index contributed by atoms with van der Waals surface area (Å²) in [6, 6.07) is 4.58. The minimum absolute atomic E-state index is 0.197. The van der Waals surface area contributed by atoms with Crippen molar-refractivity contribution in [1.82, 2.24) is 9.80 Å². The van der Waals surface area contributed by atoms with Crippen LogP contribution in [0.2, 0.25) is 0 Å². The molecule has 1 aliphatic carbocycles. The minimum Gasteiger partial charge on any atom is -0.340 e. The number of amides is 2. The van der Waals surface area contributed by atoms with Gasteiger partial charge in [-0.3, -0.25) is 14.5 Å². The molecule has 7 heteroatoms. The molecule has 1 aromatic rings. The topological polar surface area (TPSA) is 52.7 Å². The minimum atomic E-state index is -0.451. The molecule has 5 nitrogen and oxygen atoms in total. The van der Waals surface area contributed by atoms with Gasteiger partial charge in [0.05, 0.1) is 5.69 Å². The second-order valence-corrected chi connectivity index (χ2v) is 8.77. The third kappa shape index (κ3) is 6.27. The van der Waals surface area contributed by atoms with E-state index < -0.39 is 5.82 Å². The highest BCUT2D eigenvalue weighted by atomic mass is 79.9. The molecule has 0 bridgehead atoms. The Morgan fingerprint density at radius 2 is 1.82 bits per heavy atom. The summed E-state index contributed by atoms with van der Waals surface area (Å²) in [6.45, 7) is 3.66. The fraction of sp³-hybridized carbons (Fsp3) is 0.619. The van der Waals surface area contributed by atoms with Crippen molar-refractivity contribution in [2.75, 3.05) is 38.0 Å². The van der Waals surface area contributed by atoms with E-state index in [1.54, 1.807) is 12.1 Å². The molecule has 0 aromatic heterocycles. The van der Waals surface area contributed by atoms with Gasteiger partial charge in [-0.25, -0.2) is 4.39 Å². The molecule has 154 valence electrons. The van der Waals surface area contributed by atoms with Crippen molar-refractivity contribution in [2.24, 2.45) is 5.92 Å².